The van der Waals surface area contributed by atoms with Crippen LogP contribution < -0.4 is 16.2 Å². The molecule has 2 aromatic heterocycles. The highest BCUT2D eigenvalue weighted by atomic mass is 35.5. The molecule has 6 nitrogen and oxygen atoms in total. The fraction of sp³-hybridized carbons (Fsp3) is 0.375. The van der Waals surface area contributed by atoms with E-state index in [0.29, 0.717) is 33.2 Å². The lowest BCUT2D eigenvalue weighted by Gasteiger charge is -2.27. The number of pyridine rings is 2. The summed E-state index contributed by atoms with van der Waals surface area (Å²) in [5, 5.41) is 7.49. The number of alkyl halides is 2. The summed E-state index contributed by atoms with van der Waals surface area (Å²) in [5.74, 6) is -2.93. The van der Waals surface area contributed by atoms with Crippen molar-refractivity contribution in [3.63, 3.8) is 0 Å². The molecule has 1 aliphatic heterocycles. The summed E-state index contributed by atoms with van der Waals surface area (Å²) in [5.41, 5.74) is 3.47. The van der Waals surface area contributed by atoms with E-state index in [1.807, 2.05) is 18.2 Å². The van der Waals surface area contributed by atoms with Crippen molar-refractivity contribution in [3.8, 4) is 0 Å². The van der Waals surface area contributed by atoms with Gasteiger partial charge in [-0.15, -0.1) is 0 Å². The standard InChI is InChI=1S/C24H24ClF2N5O/c1-28-12-17-18(8-10-29-22(17)25)30-14-5-6-19-16(11-14)20-15(23(33)32(19)2)7-9-24(26,27)21(31-20)13-3-4-13/h5-6,8,10-13,21,31H,3-4,7,9H2,1-2H3,(H,29,30). The molecule has 1 aliphatic carbocycles. The highest BCUT2D eigenvalue weighted by Gasteiger charge is 2.49. The lowest BCUT2D eigenvalue weighted by Crippen LogP contribution is -2.40. The predicted molar refractivity (Wildman–Crippen MR) is 129 cm³/mol. The number of nitrogens with one attached hydrogen (secondary N) is 2. The minimum absolute atomic E-state index is 0.0376. The van der Waals surface area contributed by atoms with Gasteiger partial charge < -0.3 is 15.2 Å². The summed E-state index contributed by atoms with van der Waals surface area (Å²) in [4.78, 5) is 21.2. The molecule has 2 aliphatic rings. The van der Waals surface area contributed by atoms with Crippen LogP contribution in [0.2, 0.25) is 5.15 Å². The van der Waals surface area contributed by atoms with E-state index in [-0.39, 0.29) is 24.3 Å². The molecule has 0 saturated heterocycles. The zero-order chi connectivity index (χ0) is 23.3. The lowest BCUT2D eigenvalue weighted by atomic mass is 10.0. The van der Waals surface area contributed by atoms with Crippen molar-refractivity contribution in [2.45, 2.75) is 37.6 Å². The maximum atomic E-state index is 14.9. The van der Waals surface area contributed by atoms with Gasteiger partial charge >= 0.3 is 0 Å². The van der Waals surface area contributed by atoms with Gasteiger partial charge in [0.25, 0.3) is 11.5 Å². The first-order valence-electron chi connectivity index (χ1n) is 10.9. The first-order chi connectivity index (χ1) is 15.8. The Labute approximate surface area is 194 Å². The second-order valence-corrected chi connectivity index (χ2v) is 9.10. The van der Waals surface area contributed by atoms with Crippen LogP contribution in [0.5, 0.6) is 0 Å². The van der Waals surface area contributed by atoms with Crippen LogP contribution in [-0.4, -0.2) is 34.8 Å². The predicted octanol–water partition coefficient (Wildman–Crippen LogP) is 5.15. The third-order valence-electron chi connectivity index (χ3n) is 6.53. The molecular weight excluding hydrogens is 448 g/mol. The number of benzene rings is 1. The first kappa shape index (κ1) is 21.8. The summed E-state index contributed by atoms with van der Waals surface area (Å²) in [7, 11) is 3.33. The molecule has 1 aromatic carbocycles. The highest BCUT2D eigenvalue weighted by molar-refractivity contribution is 6.32. The number of rotatable bonds is 4. The zero-order valence-corrected chi connectivity index (χ0v) is 19.1. The molecule has 1 atom stereocenters. The van der Waals surface area contributed by atoms with E-state index in [2.05, 4.69) is 20.6 Å². The SMILES string of the molecule is CN=Cc1c(Nc2ccc3c(c2)c2c(c(=O)n3C)CCC(F)(F)C(C3CC3)N2)ccnc1Cl. The second-order valence-electron chi connectivity index (χ2n) is 8.75. The molecule has 0 amide bonds. The maximum Gasteiger partial charge on any atom is 0.268 e. The summed E-state index contributed by atoms with van der Waals surface area (Å²) in [6.07, 6.45) is 4.49. The number of aliphatic imine (C=N–C) groups is 1. The van der Waals surface area contributed by atoms with Crippen molar-refractivity contribution in [1.29, 1.82) is 0 Å². The van der Waals surface area contributed by atoms with Crippen LogP contribution in [0, 0.1) is 5.92 Å². The summed E-state index contributed by atoms with van der Waals surface area (Å²) in [6.45, 7) is 0. The Kier molecular flexibility index (Phi) is 5.35. The van der Waals surface area contributed by atoms with Crippen LogP contribution in [0.3, 0.4) is 0 Å². The van der Waals surface area contributed by atoms with E-state index in [0.717, 1.165) is 23.9 Å². The van der Waals surface area contributed by atoms with Gasteiger partial charge in [0.05, 0.1) is 28.5 Å². The monoisotopic (exact) mass is 471 g/mol. The molecule has 2 N–H and O–H groups in total. The molecule has 172 valence electrons. The van der Waals surface area contributed by atoms with Gasteiger partial charge in [-0.25, -0.2) is 13.8 Å². The molecule has 1 fully saturated rings. The van der Waals surface area contributed by atoms with Gasteiger partial charge in [0.2, 0.25) is 0 Å². The average Bonchev–Trinajstić information content (AvgIpc) is 3.62. The first-order valence-corrected chi connectivity index (χ1v) is 11.3. The van der Waals surface area contributed by atoms with Crippen molar-refractivity contribution in [2.75, 3.05) is 17.7 Å². The number of halogens is 3. The van der Waals surface area contributed by atoms with E-state index in [1.165, 1.54) is 4.57 Å². The van der Waals surface area contributed by atoms with Crippen LogP contribution in [0.25, 0.3) is 10.9 Å². The summed E-state index contributed by atoms with van der Waals surface area (Å²) in [6, 6.07) is 6.38. The summed E-state index contributed by atoms with van der Waals surface area (Å²) < 4.78 is 31.4. The van der Waals surface area contributed by atoms with E-state index in [1.54, 1.807) is 32.6 Å². The van der Waals surface area contributed by atoms with Crippen molar-refractivity contribution >= 4 is 45.8 Å². The number of nitrogens with zero attached hydrogens (tertiary/aromatic N) is 3. The van der Waals surface area contributed by atoms with Crippen LogP contribution in [-0.2, 0) is 13.5 Å². The minimum Gasteiger partial charge on any atom is -0.375 e. The topological polar surface area (TPSA) is 71.3 Å². The van der Waals surface area contributed by atoms with Gasteiger partial charge in [-0.2, -0.15) is 0 Å². The molecule has 9 heteroatoms. The van der Waals surface area contributed by atoms with Gasteiger partial charge in [-0.3, -0.25) is 9.79 Å². The quantitative estimate of drug-likeness (QED) is 0.407. The van der Waals surface area contributed by atoms with Gasteiger partial charge in [0.15, 0.2) is 0 Å². The maximum absolute atomic E-state index is 14.9. The van der Waals surface area contributed by atoms with E-state index >= 15 is 0 Å². The van der Waals surface area contributed by atoms with Crippen molar-refractivity contribution in [3.05, 3.63) is 57.1 Å². The van der Waals surface area contributed by atoms with Crippen molar-refractivity contribution < 1.29 is 8.78 Å². The van der Waals surface area contributed by atoms with Crippen molar-refractivity contribution in [1.82, 2.24) is 9.55 Å². The molecule has 3 aromatic rings. The number of anilines is 3. The van der Waals surface area contributed by atoms with Crippen LogP contribution in [0.1, 0.15) is 30.4 Å². The van der Waals surface area contributed by atoms with Gasteiger partial charge in [-0.1, -0.05) is 11.6 Å². The van der Waals surface area contributed by atoms with E-state index in [9.17, 15) is 13.6 Å². The van der Waals surface area contributed by atoms with Gasteiger partial charge in [-0.05, 0) is 49.4 Å². The van der Waals surface area contributed by atoms with Gasteiger partial charge in [0.1, 0.15) is 5.15 Å². The van der Waals surface area contributed by atoms with Gasteiger partial charge in [0, 0.05) is 49.6 Å². The molecule has 3 heterocycles. The second kappa shape index (κ2) is 8.09. The fourth-order valence-electron chi connectivity index (χ4n) is 4.65. The Bertz CT molecular complexity index is 1330. The molecule has 0 spiro atoms. The third-order valence-corrected chi connectivity index (χ3v) is 6.83. The highest BCUT2D eigenvalue weighted by Crippen LogP contribution is 2.46. The Morgan fingerprint density at radius 1 is 1.33 bits per heavy atom. The Morgan fingerprint density at radius 3 is 2.85 bits per heavy atom. The number of fused-ring (bicyclic) bond motifs is 3. The summed E-state index contributed by atoms with van der Waals surface area (Å²) >= 11 is 6.24. The molecule has 0 bridgehead atoms. The molecular formula is C24H24ClF2N5O. The Morgan fingerprint density at radius 2 is 2.12 bits per heavy atom. The fourth-order valence-corrected chi connectivity index (χ4v) is 4.86. The Hall–Kier alpha value is -3.00. The average molecular weight is 472 g/mol. The normalized spacial score (nSPS) is 19.8. The Balaban J connectivity index is 1.64. The molecule has 33 heavy (non-hydrogen) atoms. The third kappa shape index (κ3) is 3.86. The number of hydrogen-bond acceptors (Lipinski definition) is 5. The zero-order valence-electron chi connectivity index (χ0n) is 18.3. The van der Waals surface area contributed by atoms with E-state index < -0.39 is 12.0 Å². The smallest absolute Gasteiger partial charge is 0.268 e. The molecule has 5 rings (SSSR count). The molecule has 1 saturated carbocycles. The largest absolute Gasteiger partial charge is 0.375 e. The van der Waals surface area contributed by atoms with Crippen LogP contribution >= 0.6 is 11.6 Å². The van der Waals surface area contributed by atoms with Crippen molar-refractivity contribution in [2.24, 2.45) is 18.0 Å². The minimum atomic E-state index is -2.87. The number of hydrogen-bond donors (Lipinski definition) is 2. The lowest BCUT2D eigenvalue weighted by molar-refractivity contribution is -0.0305. The number of aryl methyl sites for hydroxylation is 1. The van der Waals surface area contributed by atoms with E-state index in [4.69, 9.17) is 11.6 Å². The molecule has 1 unspecified atom stereocenters. The van der Waals surface area contributed by atoms with Crippen LogP contribution in [0.4, 0.5) is 25.8 Å². The molecule has 0 radical (unpaired) electrons. The number of aromatic nitrogens is 2. The van der Waals surface area contributed by atoms with Crippen LogP contribution in [0.15, 0.2) is 40.2 Å².